The zero-order valence-corrected chi connectivity index (χ0v) is 21.7. The molecule has 1 atom stereocenters. The lowest BCUT2D eigenvalue weighted by molar-refractivity contribution is -0.157. The largest absolute Gasteiger partial charge is 0.458 e. The van der Waals surface area contributed by atoms with E-state index in [1.807, 2.05) is 64.1 Å². The number of nitrogens with one attached hydrogen (secondary N) is 1. The van der Waals surface area contributed by atoms with Crippen molar-refractivity contribution in [1.29, 1.82) is 0 Å². The van der Waals surface area contributed by atoms with Gasteiger partial charge < -0.3 is 10.1 Å². The summed E-state index contributed by atoms with van der Waals surface area (Å²) in [5.41, 5.74) is 2.08. The Morgan fingerprint density at radius 2 is 1.59 bits per heavy atom. The Morgan fingerprint density at radius 1 is 0.971 bits per heavy atom. The van der Waals surface area contributed by atoms with E-state index in [9.17, 15) is 9.59 Å². The van der Waals surface area contributed by atoms with E-state index in [0.717, 1.165) is 21.6 Å². The van der Waals surface area contributed by atoms with Crippen molar-refractivity contribution in [2.75, 3.05) is 0 Å². The zero-order valence-electron chi connectivity index (χ0n) is 20.9. The molecule has 180 valence electrons. The van der Waals surface area contributed by atoms with Crippen LogP contribution in [0.2, 0.25) is 0 Å². The smallest absolute Gasteiger partial charge is 0.329 e. The van der Waals surface area contributed by atoms with Crippen LogP contribution in [0.5, 0.6) is 0 Å². The van der Waals surface area contributed by atoms with Gasteiger partial charge in [0.15, 0.2) is 5.82 Å². The molecular formula is C27H33N3O3S. The Labute approximate surface area is 205 Å². The Hall–Kier alpha value is -3.06. The molecule has 6 nitrogen and oxygen atoms in total. The fourth-order valence-electron chi connectivity index (χ4n) is 3.23. The molecule has 0 aliphatic heterocycles. The van der Waals surface area contributed by atoms with Gasteiger partial charge >= 0.3 is 5.97 Å². The van der Waals surface area contributed by atoms with Gasteiger partial charge in [-0.15, -0.1) is 11.3 Å². The minimum atomic E-state index is -0.812. The molecule has 2 aromatic heterocycles. The minimum Gasteiger partial charge on any atom is -0.458 e. The number of esters is 1. The highest BCUT2D eigenvalue weighted by molar-refractivity contribution is 7.14. The van der Waals surface area contributed by atoms with Crippen LogP contribution >= 0.6 is 11.3 Å². The van der Waals surface area contributed by atoms with Crippen LogP contribution in [0.25, 0.3) is 11.4 Å². The zero-order chi connectivity index (χ0) is 25.1. The van der Waals surface area contributed by atoms with Crippen molar-refractivity contribution in [3.63, 3.8) is 0 Å². The molecular weight excluding hydrogens is 446 g/mol. The SMILES string of the molecule is Cc1cnc(-c2ccc(C[C@H](NC(=O)c3ccc(C(C)(C)C)s3)C(=O)OC(C)(C)C)cc2)nc1. The van der Waals surface area contributed by atoms with Gasteiger partial charge in [0.25, 0.3) is 5.91 Å². The number of rotatable bonds is 6. The second kappa shape index (κ2) is 10.1. The average molecular weight is 480 g/mol. The predicted octanol–water partition coefficient (Wildman–Crippen LogP) is 5.49. The van der Waals surface area contributed by atoms with Crippen LogP contribution in [0.4, 0.5) is 0 Å². The number of carbonyl (C=O) groups is 2. The Balaban J connectivity index is 1.79. The third kappa shape index (κ3) is 6.97. The number of benzene rings is 1. The first-order valence-corrected chi connectivity index (χ1v) is 12.2. The molecule has 0 spiro atoms. The summed E-state index contributed by atoms with van der Waals surface area (Å²) in [6.07, 6.45) is 3.87. The van der Waals surface area contributed by atoms with Crippen molar-refractivity contribution in [1.82, 2.24) is 15.3 Å². The molecule has 3 rings (SSSR count). The van der Waals surface area contributed by atoms with Gasteiger partial charge in [0, 0.05) is 29.3 Å². The monoisotopic (exact) mass is 479 g/mol. The number of nitrogens with zero attached hydrogens (tertiary/aromatic N) is 2. The van der Waals surface area contributed by atoms with E-state index in [0.29, 0.717) is 17.1 Å². The highest BCUT2D eigenvalue weighted by Gasteiger charge is 2.28. The van der Waals surface area contributed by atoms with Crippen molar-refractivity contribution < 1.29 is 14.3 Å². The van der Waals surface area contributed by atoms with Crippen LogP contribution < -0.4 is 5.32 Å². The number of ether oxygens (including phenoxy) is 1. The van der Waals surface area contributed by atoms with Crippen molar-refractivity contribution in [2.45, 2.75) is 71.9 Å². The summed E-state index contributed by atoms with van der Waals surface area (Å²) in [6.45, 7) is 13.7. The fraction of sp³-hybridized carbons (Fsp3) is 0.407. The lowest BCUT2D eigenvalue weighted by Gasteiger charge is -2.24. The van der Waals surface area contributed by atoms with Gasteiger partial charge in [-0.3, -0.25) is 4.79 Å². The normalized spacial score (nSPS) is 12.8. The van der Waals surface area contributed by atoms with Gasteiger partial charge in [-0.2, -0.15) is 0 Å². The molecule has 2 heterocycles. The molecule has 1 N–H and O–H groups in total. The van der Waals surface area contributed by atoms with Gasteiger partial charge in [0.1, 0.15) is 11.6 Å². The van der Waals surface area contributed by atoms with Crippen LogP contribution in [0, 0.1) is 6.92 Å². The summed E-state index contributed by atoms with van der Waals surface area (Å²) in [7, 11) is 0. The number of carbonyl (C=O) groups excluding carboxylic acids is 2. The summed E-state index contributed by atoms with van der Waals surface area (Å²) in [5.74, 6) is -0.0954. The fourth-order valence-corrected chi connectivity index (χ4v) is 4.19. The van der Waals surface area contributed by atoms with Crippen molar-refractivity contribution >= 4 is 23.2 Å². The van der Waals surface area contributed by atoms with Crippen LogP contribution in [-0.2, 0) is 21.4 Å². The summed E-state index contributed by atoms with van der Waals surface area (Å²) in [4.78, 5) is 36.4. The molecule has 34 heavy (non-hydrogen) atoms. The number of aryl methyl sites for hydroxylation is 1. The summed E-state index contributed by atoms with van der Waals surface area (Å²) < 4.78 is 5.60. The maximum absolute atomic E-state index is 13.0. The average Bonchev–Trinajstić information content (AvgIpc) is 3.24. The van der Waals surface area contributed by atoms with Crippen LogP contribution in [0.15, 0.2) is 48.8 Å². The third-order valence-corrected chi connectivity index (χ3v) is 6.51. The van der Waals surface area contributed by atoms with Gasteiger partial charge in [0.2, 0.25) is 0 Å². The molecule has 0 unspecified atom stereocenters. The first kappa shape index (κ1) is 25.6. The van der Waals surface area contributed by atoms with Crippen molar-refractivity contribution in [3.05, 3.63) is 69.7 Å². The molecule has 0 saturated carbocycles. The Bertz CT molecular complexity index is 1140. The number of hydrogen-bond donors (Lipinski definition) is 1. The topological polar surface area (TPSA) is 81.2 Å². The molecule has 0 bridgehead atoms. The van der Waals surface area contributed by atoms with Crippen LogP contribution in [-0.4, -0.2) is 33.5 Å². The molecule has 7 heteroatoms. The van der Waals surface area contributed by atoms with Gasteiger partial charge in [-0.05, 0) is 56.4 Å². The van der Waals surface area contributed by atoms with E-state index < -0.39 is 17.6 Å². The van der Waals surface area contributed by atoms with Crippen LogP contribution in [0.3, 0.4) is 0 Å². The summed E-state index contributed by atoms with van der Waals surface area (Å²) in [6, 6.07) is 10.6. The second-order valence-corrected chi connectivity index (χ2v) is 11.5. The van der Waals surface area contributed by atoms with E-state index in [-0.39, 0.29) is 11.3 Å². The van der Waals surface area contributed by atoms with Crippen molar-refractivity contribution in [2.24, 2.45) is 0 Å². The first-order chi connectivity index (χ1) is 15.8. The summed E-state index contributed by atoms with van der Waals surface area (Å²) in [5, 5.41) is 2.89. The molecule has 0 saturated heterocycles. The minimum absolute atomic E-state index is 0.0450. The Kier molecular flexibility index (Phi) is 7.56. The molecule has 1 aromatic carbocycles. The molecule has 1 amide bonds. The maximum atomic E-state index is 13.0. The van der Waals surface area contributed by atoms with Gasteiger partial charge in [-0.1, -0.05) is 45.0 Å². The predicted molar refractivity (Wildman–Crippen MR) is 136 cm³/mol. The number of thiophene rings is 1. The van der Waals surface area contributed by atoms with Gasteiger partial charge in [-0.25, -0.2) is 14.8 Å². The third-order valence-electron chi connectivity index (χ3n) is 5.00. The van der Waals surface area contributed by atoms with E-state index in [2.05, 4.69) is 36.1 Å². The number of hydrogen-bond acceptors (Lipinski definition) is 6. The molecule has 0 fully saturated rings. The molecule has 0 radical (unpaired) electrons. The highest BCUT2D eigenvalue weighted by atomic mass is 32.1. The van der Waals surface area contributed by atoms with E-state index in [4.69, 9.17) is 4.74 Å². The first-order valence-electron chi connectivity index (χ1n) is 11.3. The molecule has 3 aromatic rings. The lowest BCUT2D eigenvalue weighted by atomic mass is 9.95. The molecule has 0 aliphatic rings. The second-order valence-electron chi connectivity index (χ2n) is 10.5. The molecule has 0 aliphatic carbocycles. The number of amides is 1. The standard InChI is InChI=1S/C27H33N3O3S/c1-17-15-28-23(29-16-17)19-10-8-18(9-11-19)14-20(25(32)33-27(5,6)7)30-24(31)21-12-13-22(34-21)26(2,3)4/h8-13,15-16,20H,14H2,1-7H3,(H,30,31)/t20-/m0/s1. The van der Waals surface area contributed by atoms with E-state index in [1.165, 1.54) is 11.3 Å². The van der Waals surface area contributed by atoms with E-state index in [1.54, 1.807) is 12.4 Å². The lowest BCUT2D eigenvalue weighted by Crippen LogP contribution is -2.45. The van der Waals surface area contributed by atoms with Crippen LogP contribution in [0.1, 0.15) is 67.2 Å². The summed E-state index contributed by atoms with van der Waals surface area (Å²) >= 11 is 1.44. The number of aromatic nitrogens is 2. The van der Waals surface area contributed by atoms with Gasteiger partial charge in [0.05, 0.1) is 4.88 Å². The van der Waals surface area contributed by atoms with E-state index >= 15 is 0 Å². The van der Waals surface area contributed by atoms with Crippen molar-refractivity contribution in [3.8, 4) is 11.4 Å². The maximum Gasteiger partial charge on any atom is 0.329 e. The Morgan fingerprint density at radius 3 is 2.12 bits per heavy atom. The quantitative estimate of drug-likeness (QED) is 0.473. The highest BCUT2D eigenvalue weighted by Crippen LogP contribution is 2.29.